The van der Waals surface area contributed by atoms with Crippen LogP contribution >= 0.6 is 11.8 Å². The lowest BCUT2D eigenvalue weighted by Crippen LogP contribution is -2.32. The number of nitrogens with one attached hydrogen (secondary N) is 1. The van der Waals surface area contributed by atoms with E-state index in [-0.39, 0.29) is 11.9 Å². The van der Waals surface area contributed by atoms with Gasteiger partial charge in [0.25, 0.3) is 5.91 Å². The third kappa shape index (κ3) is 2.82. The lowest BCUT2D eigenvalue weighted by molar-refractivity contribution is 0.0946. The molecule has 0 bridgehead atoms. The maximum atomic E-state index is 11.9. The Balaban J connectivity index is 1.92. The molecule has 0 spiro atoms. The zero-order valence-electron chi connectivity index (χ0n) is 11.9. The van der Waals surface area contributed by atoms with E-state index in [1.165, 1.54) is 4.90 Å². The molecule has 0 saturated heterocycles. The Bertz CT molecular complexity index is 667. The van der Waals surface area contributed by atoms with Crippen LogP contribution in [0.4, 0.5) is 0 Å². The number of fused-ring (bicyclic) bond motifs is 1. The zero-order valence-corrected chi connectivity index (χ0v) is 12.7. The van der Waals surface area contributed by atoms with Crippen LogP contribution in [0.2, 0.25) is 0 Å². The Hall–Kier alpha value is -1.78. The van der Waals surface area contributed by atoms with Gasteiger partial charge in [-0.2, -0.15) is 0 Å². The molecule has 1 aliphatic rings. The van der Waals surface area contributed by atoms with Crippen molar-refractivity contribution in [2.24, 2.45) is 5.73 Å². The van der Waals surface area contributed by atoms with Gasteiger partial charge < -0.3 is 11.1 Å². The summed E-state index contributed by atoms with van der Waals surface area (Å²) < 4.78 is 0. The standard InChI is InChI=1S/C17H18N2OS/c1-21-14-6-4-12(5-7-14)16(18)13-3-2-11-8-9-19-17(20)15(11)10-13/h2-7,10,16H,8-9,18H2,1H3,(H,19,20). The number of benzene rings is 2. The van der Waals surface area contributed by atoms with E-state index in [1.807, 2.05) is 18.2 Å². The van der Waals surface area contributed by atoms with Gasteiger partial charge in [-0.15, -0.1) is 11.8 Å². The summed E-state index contributed by atoms with van der Waals surface area (Å²) in [5.74, 6) is 0.00281. The molecule has 3 N–H and O–H groups in total. The first-order chi connectivity index (χ1) is 10.2. The van der Waals surface area contributed by atoms with Crippen molar-refractivity contribution >= 4 is 17.7 Å². The maximum Gasteiger partial charge on any atom is 0.251 e. The van der Waals surface area contributed by atoms with Crippen molar-refractivity contribution < 1.29 is 4.79 Å². The van der Waals surface area contributed by atoms with Crippen molar-refractivity contribution in [3.8, 4) is 0 Å². The predicted octanol–water partition coefficient (Wildman–Crippen LogP) is 2.74. The fraction of sp³-hybridized carbons (Fsp3) is 0.235. The highest BCUT2D eigenvalue weighted by atomic mass is 32.2. The zero-order chi connectivity index (χ0) is 14.8. The summed E-state index contributed by atoms with van der Waals surface area (Å²) in [4.78, 5) is 13.1. The number of carbonyl (C=O) groups is 1. The molecule has 1 atom stereocenters. The number of hydrogen-bond acceptors (Lipinski definition) is 3. The van der Waals surface area contributed by atoms with Crippen molar-refractivity contribution in [2.45, 2.75) is 17.4 Å². The van der Waals surface area contributed by atoms with Crippen LogP contribution < -0.4 is 11.1 Å². The first-order valence-electron chi connectivity index (χ1n) is 6.99. The van der Waals surface area contributed by atoms with Gasteiger partial charge in [0.1, 0.15) is 0 Å². The number of amides is 1. The molecule has 108 valence electrons. The molecule has 3 rings (SSSR count). The summed E-state index contributed by atoms with van der Waals surface area (Å²) in [6.45, 7) is 0.716. The average Bonchev–Trinajstić information content (AvgIpc) is 2.54. The molecular weight excluding hydrogens is 280 g/mol. The minimum atomic E-state index is -0.207. The van der Waals surface area contributed by atoms with Gasteiger partial charge in [0, 0.05) is 17.0 Å². The molecule has 1 amide bonds. The number of nitrogens with two attached hydrogens (primary N) is 1. The van der Waals surface area contributed by atoms with E-state index in [1.54, 1.807) is 11.8 Å². The van der Waals surface area contributed by atoms with E-state index >= 15 is 0 Å². The molecule has 1 heterocycles. The highest BCUT2D eigenvalue weighted by Crippen LogP contribution is 2.25. The molecule has 2 aromatic carbocycles. The molecule has 1 aliphatic heterocycles. The lowest BCUT2D eigenvalue weighted by Gasteiger charge is -2.19. The quantitative estimate of drug-likeness (QED) is 0.857. The van der Waals surface area contributed by atoms with Gasteiger partial charge in [-0.1, -0.05) is 24.3 Å². The predicted molar refractivity (Wildman–Crippen MR) is 86.7 cm³/mol. The van der Waals surface area contributed by atoms with Crippen molar-refractivity contribution in [2.75, 3.05) is 12.8 Å². The van der Waals surface area contributed by atoms with Crippen LogP contribution in [0, 0.1) is 0 Å². The topological polar surface area (TPSA) is 55.1 Å². The summed E-state index contributed by atoms with van der Waals surface area (Å²) >= 11 is 1.71. The fourth-order valence-corrected chi connectivity index (χ4v) is 3.03. The maximum absolute atomic E-state index is 11.9. The average molecular weight is 298 g/mol. The minimum Gasteiger partial charge on any atom is -0.352 e. The SMILES string of the molecule is CSc1ccc(C(N)c2ccc3c(c2)C(=O)NCC3)cc1. The number of rotatable bonds is 3. The van der Waals surface area contributed by atoms with E-state index in [9.17, 15) is 4.79 Å². The van der Waals surface area contributed by atoms with Crippen LogP contribution in [0.15, 0.2) is 47.4 Å². The van der Waals surface area contributed by atoms with Crippen molar-refractivity contribution in [3.63, 3.8) is 0 Å². The second kappa shape index (κ2) is 5.92. The Morgan fingerprint density at radius 2 is 1.86 bits per heavy atom. The molecular formula is C17H18N2OS. The number of carbonyl (C=O) groups excluding carboxylic acids is 1. The highest BCUT2D eigenvalue weighted by Gasteiger charge is 2.18. The largest absolute Gasteiger partial charge is 0.352 e. The van der Waals surface area contributed by atoms with E-state index in [0.717, 1.165) is 28.7 Å². The summed E-state index contributed by atoms with van der Waals surface area (Å²) in [6, 6.07) is 14.0. The fourth-order valence-electron chi connectivity index (χ4n) is 2.63. The Morgan fingerprint density at radius 1 is 1.14 bits per heavy atom. The summed E-state index contributed by atoms with van der Waals surface area (Å²) in [5, 5.41) is 2.88. The van der Waals surface area contributed by atoms with Crippen LogP contribution in [-0.2, 0) is 6.42 Å². The van der Waals surface area contributed by atoms with Gasteiger partial charge in [0.2, 0.25) is 0 Å². The van der Waals surface area contributed by atoms with Gasteiger partial charge in [0.05, 0.1) is 6.04 Å². The third-order valence-corrected chi connectivity index (χ3v) is 4.64. The van der Waals surface area contributed by atoms with Crippen LogP contribution in [0.5, 0.6) is 0 Å². The third-order valence-electron chi connectivity index (χ3n) is 3.89. The second-order valence-electron chi connectivity index (χ2n) is 5.17. The second-order valence-corrected chi connectivity index (χ2v) is 6.05. The van der Waals surface area contributed by atoms with Gasteiger partial charge >= 0.3 is 0 Å². The molecule has 0 saturated carbocycles. The molecule has 2 aromatic rings. The van der Waals surface area contributed by atoms with Crippen LogP contribution in [-0.4, -0.2) is 18.7 Å². The van der Waals surface area contributed by atoms with Crippen LogP contribution in [0.25, 0.3) is 0 Å². The van der Waals surface area contributed by atoms with Crippen LogP contribution in [0.1, 0.15) is 33.1 Å². The molecule has 1 unspecified atom stereocenters. The van der Waals surface area contributed by atoms with Gasteiger partial charge in [-0.3, -0.25) is 4.79 Å². The van der Waals surface area contributed by atoms with Crippen molar-refractivity contribution in [1.29, 1.82) is 0 Å². The first-order valence-corrected chi connectivity index (χ1v) is 8.22. The molecule has 0 radical (unpaired) electrons. The molecule has 0 aliphatic carbocycles. The van der Waals surface area contributed by atoms with E-state index < -0.39 is 0 Å². The number of hydrogen-bond donors (Lipinski definition) is 2. The van der Waals surface area contributed by atoms with E-state index in [2.05, 4.69) is 35.8 Å². The van der Waals surface area contributed by atoms with E-state index in [4.69, 9.17) is 5.73 Å². The molecule has 0 fully saturated rings. The Labute approximate surface area is 128 Å². The number of thioether (sulfide) groups is 1. The summed E-state index contributed by atoms with van der Waals surface area (Å²) in [7, 11) is 0. The summed E-state index contributed by atoms with van der Waals surface area (Å²) in [5.41, 5.74) is 10.2. The van der Waals surface area contributed by atoms with Gasteiger partial charge in [-0.25, -0.2) is 0 Å². The first kappa shape index (κ1) is 14.2. The van der Waals surface area contributed by atoms with Crippen molar-refractivity contribution in [1.82, 2.24) is 5.32 Å². The monoisotopic (exact) mass is 298 g/mol. The van der Waals surface area contributed by atoms with Gasteiger partial charge in [-0.05, 0) is 47.6 Å². The summed E-state index contributed by atoms with van der Waals surface area (Å²) in [6.07, 6.45) is 2.94. The van der Waals surface area contributed by atoms with E-state index in [0.29, 0.717) is 6.54 Å². The highest BCUT2D eigenvalue weighted by molar-refractivity contribution is 7.98. The minimum absolute atomic E-state index is 0.00281. The van der Waals surface area contributed by atoms with Crippen molar-refractivity contribution in [3.05, 3.63) is 64.7 Å². The molecule has 0 aromatic heterocycles. The van der Waals surface area contributed by atoms with Crippen LogP contribution in [0.3, 0.4) is 0 Å². The Morgan fingerprint density at radius 3 is 2.57 bits per heavy atom. The smallest absolute Gasteiger partial charge is 0.251 e. The normalized spacial score (nSPS) is 15.2. The molecule has 4 heteroatoms. The molecule has 3 nitrogen and oxygen atoms in total. The van der Waals surface area contributed by atoms with Gasteiger partial charge in [0.15, 0.2) is 0 Å². The Kier molecular flexibility index (Phi) is 3.99. The molecule has 21 heavy (non-hydrogen) atoms. The lowest BCUT2D eigenvalue weighted by atomic mass is 9.93.